The van der Waals surface area contributed by atoms with Crippen LogP contribution < -0.4 is 0 Å². The Bertz CT molecular complexity index is 293. The highest BCUT2D eigenvalue weighted by Crippen LogP contribution is 2.44. The summed E-state index contributed by atoms with van der Waals surface area (Å²) in [6.45, 7) is 4.02. The van der Waals surface area contributed by atoms with Gasteiger partial charge in [0.1, 0.15) is 6.61 Å². The maximum absolute atomic E-state index is 11.4. The first-order valence-electron chi connectivity index (χ1n) is 6.70. The van der Waals surface area contributed by atoms with Crippen LogP contribution in [0.4, 0.5) is 4.79 Å². The highest BCUT2D eigenvalue weighted by atomic mass is 16.6. The number of nitrogens with zero attached hydrogens (tertiary/aromatic N) is 2. The van der Waals surface area contributed by atoms with Crippen LogP contribution in [0.15, 0.2) is 0 Å². The van der Waals surface area contributed by atoms with Gasteiger partial charge in [0.2, 0.25) is 0 Å². The number of rotatable bonds is 3. The maximum atomic E-state index is 11.4. The van der Waals surface area contributed by atoms with Crippen LogP contribution in [0.5, 0.6) is 0 Å². The van der Waals surface area contributed by atoms with Gasteiger partial charge in [0, 0.05) is 25.7 Å². The van der Waals surface area contributed by atoms with Crippen molar-refractivity contribution < 1.29 is 9.53 Å². The fourth-order valence-electron chi connectivity index (χ4n) is 3.42. The van der Waals surface area contributed by atoms with Crippen LogP contribution in [0.1, 0.15) is 39.0 Å². The molecule has 2 fully saturated rings. The number of carbonyl (C=O) groups is 1. The Balaban J connectivity index is 1.89. The Labute approximate surface area is 104 Å². The van der Waals surface area contributed by atoms with Gasteiger partial charge in [-0.05, 0) is 38.6 Å². The van der Waals surface area contributed by atoms with Crippen LogP contribution in [0, 0.1) is 0 Å². The topological polar surface area (TPSA) is 32.8 Å². The monoisotopic (exact) mass is 240 g/mol. The predicted octanol–water partition coefficient (Wildman–Crippen LogP) is 2.09. The molecule has 0 radical (unpaired) electrons. The minimum atomic E-state index is -0.224. The van der Waals surface area contributed by atoms with Gasteiger partial charge >= 0.3 is 6.09 Å². The molecule has 2 saturated heterocycles. The minimum Gasteiger partial charge on any atom is -0.448 e. The first kappa shape index (κ1) is 12.7. The molecule has 2 aliphatic rings. The van der Waals surface area contributed by atoms with Crippen molar-refractivity contribution >= 4 is 6.09 Å². The van der Waals surface area contributed by atoms with E-state index in [-0.39, 0.29) is 6.09 Å². The van der Waals surface area contributed by atoms with Gasteiger partial charge in [0.25, 0.3) is 0 Å². The van der Waals surface area contributed by atoms with Gasteiger partial charge in [-0.1, -0.05) is 6.92 Å². The van der Waals surface area contributed by atoms with Crippen molar-refractivity contribution in [2.45, 2.75) is 50.6 Å². The lowest BCUT2D eigenvalue weighted by atomic mass is 9.91. The highest BCUT2D eigenvalue weighted by molar-refractivity contribution is 5.66. The average molecular weight is 240 g/mol. The average Bonchev–Trinajstić information content (AvgIpc) is 2.84. The summed E-state index contributed by atoms with van der Waals surface area (Å²) < 4.78 is 5.33. The van der Waals surface area contributed by atoms with Gasteiger partial charge in [-0.25, -0.2) is 4.79 Å². The zero-order valence-electron chi connectivity index (χ0n) is 11.2. The highest BCUT2D eigenvalue weighted by Gasteiger charge is 2.47. The number of hydrogen-bond donors (Lipinski definition) is 0. The first-order chi connectivity index (χ1) is 8.09. The number of amides is 1. The second-order valence-corrected chi connectivity index (χ2v) is 5.54. The molecule has 2 atom stereocenters. The standard InChI is InChI=1S/C13H24N2O2/c1-4-13-7-5-9-15(13)11(6-8-13)10-17-12(16)14(2)3/h11H,4-10H2,1-3H3. The molecule has 0 N–H and O–H groups in total. The van der Waals surface area contributed by atoms with E-state index >= 15 is 0 Å². The van der Waals surface area contributed by atoms with Gasteiger partial charge < -0.3 is 9.64 Å². The molecule has 0 saturated carbocycles. The Morgan fingerprint density at radius 2 is 2.24 bits per heavy atom. The fraction of sp³-hybridized carbons (Fsp3) is 0.923. The minimum absolute atomic E-state index is 0.224. The lowest BCUT2D eigenvalue weighted by Gasteiger charge is -2.34. The van der Waals surface area contributed by atoms with E-state index in [0.717, 1.165) is 0 Å². The van der Waals surface area contributed by atoms with Crippen LogP contribution in [-0.2, 0) is 4.74 Å². The Morgan fingerprint density at radius 3 is 2.88 bits per heavy atom. The molecule has 0 aliphatic carbocycles. The largest absolute Gasteiger partial charge is 0.448 e. The predicted molar refractivity (Wildman–Crippen MR) is 67.0 cm³/mol. The van der Waals surface area contributed by atoms with E-state index in [2.05, 4.69) is 11.8 Å². The second-order valence-electron chi connectivity index (χ2n) is 5.54. The zero-order chi connectivity index (χ0) is 12.5. The zero-order valence-corrected chi connectivity index (χ0v) is 11.2. The van der Waals surface area contributed by atoms with E-state index in [1.165, 1.54) is 43.5 Å². The molecular formula is C13H24N2O2. The van der Waals surface area contributed by atoms with E-state index in [9.17, 15) is 4.79 Å². The second kappa shape index (κ2) is 4.84. The van der Waals surface area contributed by atoms with E-state index in [1.807, 2.05) is 0 Å². The molecule has 2 heterocycles. The smallest absolute Gasteiger partial charge is 0.409 e. The summed E-state index contributed by atoms with van der Waals surface area (Å²) in [6.07, 6.45) is 6.07. The van der Waals surface area contributed by atoms with Crippen molar-refractivity contribution in [1.82, 2.24) is 9.80 Å². The molecule has 0 aromatic heterocycles. The van der Waals surface area contributed by atoms with Crippen molar-refractivity contribution in [2.75, 3.05) is 27.2 Å². The van der Waals surface area contributed by atoms with Gasteiger partial charge in [0.05, 0.1) is 0 Å². The number of ether oxygens (including phenoxy) is 1. The van der Waals surface area contributed by atoms with Crippen LogP contribution in [0.25, 0.3) is 0 Å². The van der Waals surface area contributed by atoms with Crippen LogP contribution in [-0.4, -0.2) is 54.7 Å². The molecule has 4 heteroatoms. The summed E-state index contributed by atoms with van der Waals surface area (Å²) in [4.78, 5) is 15.5. The summed E-state index contributed by atoms with van der Waals surface area (Å²) in [6, 6.07) is 0.446. The van der Waals surface area contributed by atoms with Gasteiger partial charge in [0.15, 0.2) is 0 Å². The van der Waals surface area contributed by atoms with Gasteiger partial charge in [-0.2, -0.15) is 0 Å². The first-order valence-corrected chi connectivity index (χ1v) is 6.70. The van der Waals surface area contributed by atoms with E-state index < -0.39 is 0 Å². The summed E-state index contributed by atoms with van der Waals surface area (Å²) in [5, 5.41) is 0. The SMILES string of the molecule is CCC12CCCN1C(COC(=O)N(C)C)CC2. The van der Waals surface area contributed by atoms with E-state index in [1.54, 1.807) is 14.1 Å². The number of fused-ring (bicyclic) bond motifs is 1. The Morgan fingerprint density at radius 1 is 1.47 bits per heavy atom. The van der Waals surface area contributed by atoms with Crippen LogP contribution in [0.3, 0.4) is 0 Å². The van der Waals surface area contributed by atoms with Gasteiger partial charge in [-0.3, -0.25) is 4.90 Å². The molecule has 0 aromatic carbocycles. The third kappa shape index (κ3) is 2.28. The maximum Gasteiger partial charge on any atom is 0.409 e. The lowest BCUT2D eigenvalue weighted by Crippen LogP contribution is -2.44. The lowest BCUT2D eigenvalue weighted by molar-refractivity contribution is 0.0678. The molecule has 0 aromatic rings. The Kier molecular flexibility index (Phi) is 3.61. The molecule has 4 nitrogen and oxygen atoms in total. The number of hydrogen-bond acceptors (Lipinski definition) is 3. The molecule has 17 heavy (non-hydrogen) atoms. The molecular weight excluding hydrogens is 216 g/mol. The van der Waals surface area contributed by atoms with Crippen molar-refractivity contribution in [3.8, 4) is 0 Å². The normalized spacial score (nSPS) is 32.5. The molecule has 98 valence electrons. The molecule has 2 unspecified atom stereocenters. The third-order valence-electron chi connectivity index (χ3n) is 4.46. The van der Waals surface area contributed by atoms with Crippen LogP contribution >= 0.6 is 0 Å². The summed E-state index contributed by atoms with van der Waals surface area (Å²) in [5.74, 6) is 0. The fourth-order valence-corrected chi connectivity index (χ4v) is 3.42. The molecule has 0 spiro atoms. The van der Waals surface area contributed by atoms with Crippen molar-refractivity contribution in [2.24, 2.45) is 0 Å². The Hall–Kier alpha value is -0.770. The quantitative estimate of drug-likeness (QED) is 0.757. The molecule has 2 aliphatic heterocycles. The molecule has 1 amide bonds. The van der Waals surface area contributed by atoms with Crippen LogP contribution in [0.2, 0.25) is 0 Å². The van der Waals surface area contributed by atoms with E-state index in [0.29, 0.717) is 18.2 Å². The summed E-state index contributed by atoms with van der Waals surface area (Å²) in [5.41, 5.74) is 0.426. The molecule has 2 rings (SSSR count). The summed E-state index contributed by atoms with van der Waals surface area (Å²) >= 11 is 0. The third-order valence-corrected chi connectivity index (χ3v) is 4.46. The van der Waals surface area contributed by atoms with Crippen molar-refractivity contribution in [1.29, 1.82) is 0 Å². The van der Waals surface area contributed by atoms with Crippen molar-refractivity contribution in [3.05, 3.63) is 0 Å². The van der Waals surface area contributed by atoms with E-state index in [4.69, 9.17) is 4.74 Å². The summed E-state index contributed by atoms with van der Waals surface area (Å²) in [7, 11) is 3.45. The molecule has 0 bridgehead atoms. The van der Waals surface area contributed by atoms with Crippen molar-refractivity contribution in [3.63, 3.8) is 0 Å². The van der Waals surface area contributed by atoms with Gasteiger partial charge in [-0.15, -0.1) is 0 Å². The number of carbonyl (C=O) groups excluding carboxylic acids is 1.